The number of hydrogen-bond acceptors (Lipinski definition) is 4. The third-order valence-corrected chi connectivity index (χ3v) is 1.91. The van der Waals surface area contributed by atoms with Crippen molar-refractivity contribution in [2.24, 2.45) is 5.73 Å². The fraction of sp³-hybridized carbons (Fsp3) is 1.00. The maximum atomic E-state index is 10.3. The first-order valence-electron chi connectivity index (χ1n) is 3.74. The molecule has 0 aliphatic rings. The van der Waals surface area contributed by atoms with Crippen LogP contribution in [0.25, 0.3) is 0 Å². The summed E-state index contributed by atoms with van der Waals surface area (Å²) in [6, 6.07) is 0. The van der Waals surface area contributed by atoms with Crippen LogP contribution in [0.3, 0.4) is 0 Å². The molecular weight excluding hydrogens is 182 g/mol. The van der Waals surface area contributed by atoms with Crippen LogP contribution < -0.4 is 5.73 Å². The molecule has 0 radical (unpaired) electrons. The van der Waals surface area contributed by atoms with Crippen molar-refractivity contribution in [2.45, 2.75) is 38.8 Å². The van der Waals surface area contributed by atoms with E-state index in [9.17, 15) is 8.42 Å². The first-order valence-corrected chi connectivity index (χ1v) is 5.10. The van der Waals surface area contributed by atoms with E-state index in [0.29, 0.717) is 6.42 Å². The van der Waals surface area contributed by atoms with Gasteiger partial charge in [0.25, 0.3) is 0 Å². The fourth-order valence-corrected chi connectivity index (χ4v) is 1.37. The van der Waals surface area contributed by atoms with Gasteiger partial charge in [-0.15, -0.1) is 0 Å². The van der Waals surface area contributed by atoms with Crippen LogP contribution in [0, 0.1) is 0 Å². The summed E-state index contributed by atoms with van der Waals surface area (Å²) in [6.07, 6.45) is 2.04. The fourth-order valence-electron chi connectivity index (χ4n) is 0.810. The molecule has 5 nitrogen and oxygen atoms in total. The zero-order chi connectivity index (χ0) is 9.83. The molecule has 0 aliphatic carbocycles. The molecule has 12 heavy (non-hydrogen) atoms. The molecule has 0 saturated heterocycles. The van der Waals surface area contributed by atoms with E-state index in [2.05, 4.69) is 4.18 Å². The van der Waals surface area contributed by atoms with Gasteiger partial charge >= 0.3 is 10.4 Å². The zero-order valence-corrected chi connectivity index (χ0v) is 8.10. The maximum Gasteiger partial charge on any atom is 0.399 e. The lowest BCUT2D eigenvalue weighted by molar-refractivity contribution is 0.0761. The molecule has 1 unspecified atom stereocenters. The van der Waals surface area contributed by atoms with Crippen LogP contribution in [-0.4, -0.2) is 18.7 Å². The van der Waals surface area contributed by atoms with E-state index in [1.54, 1.807) is 0 Å². The Kier molecular flexibility index (Phi) is 4.12. The quantitative estimate of drug-likeness (QED) is 0.499. The van der Waals surface area contributed by atoms with E-state index in [4.69, 9.17) is 10.3 Å². The second kappa shape index (κ2) is 4.18. The molecule has 74 valence electrons. The molecule has 3 N–H and O–H groups in total. The monoisotopic (exact) mass is 197 g/mol. The average molecular weight is 197 g/mol. The highest BCUT2D eigenvalue weighted by atomic mass is 32.3. The topological polar surface area (TPSA) is 89.6 Å². The first kappa shape index (κ1) is 11.8. The van der Waals surface area contributed by atoms with Crippen LogP contribution in [0.1, 0.15) is 33.1 Å². The van der Waals surface area contributed by atoms with E-state index in [-0.39, 0.29) is 0 Å². The van der Waals surface area contributed by atoms with Crippen molar-refractivity contribution in [3.8, 4) is 0 Å². The Balaban J connectivity index is 4.04. The first-order chi connectivity index (χ1) is 5.27. The van der Waals surface area contributed by atoms with Gasteiger partial charge in [0.2, 0.25) is 0 Å². The Labute approximate surface area is 72.9 Å². The van der Waals surface area contributed by atoms with Gasteiger partial charge in [-0.05, 0) is 19.8 Å². The van der Waals surface area contributed by atoms with Crippen LogP contribution in [0.2, 0.25) is 0 Å². The van der Waals surface area contributed by atoms with Gasteiger partial charge in [-0.2, -0.15) is 8.42 Å². The van der Waals surface area contributed by atoms with E-state index < -0.39 is 16.1 Å². The molecule has 0 aromatic rings. The molecular formula is C6H15NO4S. The summed E-state index contributed by atoms with van der Waals surface area (Å²) in [6.45, 7) is 3.36. The van der Waals surface area contributed by atoms with Crippen molar-refractivity contribution in [3.63, 3.8) is 0 Å². The van der Waals surface area contributed by atoms with Crippen molar-refractivity contribution >= 4 is 10.4 Å². The van der Waals surface area contributed by atoms with Crippen LogP contribution in [-0.2, 0) is 14.6 Å². The molecule has 0 heterocycles. The van der Waals surface area contributed by atoms with Crippen LogP contribution in [0.5, 0.6) is 0 Å². The standard InChI is InChI=1S/C6H15NO4S/c1-3-4-5-6(2,7)11-12(8,9)10/h3-5,7H2,1-2H3,(H,8,9,10). The van der Waals surface area contributed by atoms with Gasteiger partial charge in [-0.1, -0.05) is 13.3 Å². The lowest BCUT2D eigenvalue weighted by Gasteiger charge is -2.21. The predicted octanol–water partition coefficient (Wildman–Crippen LogP) is 0.671. The van der Waals surface area contributed by atoms with Crippen molar-refractivity contribution < 1.29 is 17.2 Å². The van der Waals surface area contributed by atoms with Crippen LogP contribution >= 0.6 is 0 Å². The Morgan fingerprint density at radius 1 is 1.58 bits per heavy atom. The summed E-state index contributed by atoms with van der Waals surface area (Å²) >= 11 is 0. The van der Waals surface area contributed by atoms with Gasteiger partial charge in [-0.25, -0.2) is 4.18 Å². The normalized spacial score (nSPS) is 17.3. The van der Waals surface area contributed by atoms with Gasteiger partial charge < -0.3 is 5.73 Å². The number of rotatable bonds is 5. The summed E-state index contributed by atoms with van der Waals surface area (Å²) < 4.78 is 33.1. The number of hydrogen-bond donors (Lipinski definition) is 2. The highest BCUT2D eigenvalue weighted by Gasteiger charge is 2.24. The molecule has 0 aromatic heterocycles. The molecule has 1 atom stereocenters. The molecule has 0 spiro atoms. The second-order valence-electron chi connectivity index (χ2n) is 2.93. The lowest BCUT2D eigenvalue weighted by Crippen LogP contribution is -2.41. The minimum Gasteiger partial charge on any atom is -0.303 e. The highest BCUT2D eigenvalue weighted by molar-refractivity contribution is 7.80. The van der Waals surface area contributed by atoms with Gasteiger partial charge in [-0.3, -0.25) is 4.55 Å². The summed E-state index contributed by atoms with van der Waals surface area (Å²) in [5.41, 5.74) is 4.13. The average Bonchev–Trinajstić information content (AvgIpc) is 1.78. The third kappa shape index (κ3) is 6.53. The SMILES string of the molecule is CCCCC(C)(N)OS(=O)(=O)O. The van der Waals surface area contributed by atoms with Crippen LogP contribution in [0.15, 0.2) is 0 Å². The summed E-state index contributed by atoms with van der Waals surface area (Å²) in [5, 5.41) is 0. The molecule has 0 aromatic carbocycles. The zero-order valence-electron chi connectivity index (χ0n) is 7.28. The van der Waals surface area contributed by atoms with Crippen molar-refractivity contribution in [1.82, 2.24) is 0 Å². The largest absolute Gasteiger partial charge is 0.399 e. The van der Waals surface area contributed by atoms with Crippen molar-refractivity contribution in [2.75, 3.05) is 0 Å². The second-order valence-corrected chi connectivity index (χ2v) is 3.95. The smallest absolute Gasteiger partial charge is 0.303 e. The molecule has 0 bridgehead atoms. The van der Waals surface area contributed by atoms with Crippen molar-refractivity contribution in [3.05, 3.63) is 0 Å². The number of nitrogens with two attached hydrogens (primary N) is 1. The Morgan fingerprint density at radius 2 is 2.08 bits per heavy atom. The van der Waals surface area contributed by atoms with E-state index in [1.165, 1.54) is 6.92 Å². The molecule has 6 heteroatoms. The van der Waals surface area contributed by atoms with E-state index in [0.717, 1.165) is 12.8 Å². The molecule has 0 saturated carbocycles. The molecule has 0 amide bonds. The molecule has 0 rings (SSSR count). The van der Waals surface area contributed by atoms with Gasteiger partial charge in [0.15, 0.2) is 0 Å². The Morgan fingerprint density at radius 3 is 2.42 bits per heavy atom. The van der Waals surface area contributed by atoms with Gasteiger partial charge in [0.1, 0.15) is 5.72 Å². The molecule has 0 aliphatic heterocycles. The van der Waals surface area contributed by atoms with E-state index in [1.807, 2.05) is 6.92 Å². The summed E-state index contributed by atoms with van der Waals surface area (Å²) in [4.78, 5) is 0. The summed E-state index contributed by atoms with van der Waals surface area (Å²) in [7, 11) is -4.44. The van der Waals surface area contributed by atoms with E-state index >= 15 is 0 Å². The minimum absolute atomic E-state index is 0.392. The highest BCUT2D eigenvalue weighted by Crippen LogP contribution is 2.14. The van der Waals surface area contributed by atoms with Gasteiger partial charge in [0, 0.05) is 0 Å². The summed E-state index contributed by atoms with van der Waals surface area (Å²) in [5.74, 6) is 0. The number of unbranched alkanes of at least 4 members (excludes halogenated alkanes) is 1. The predicted molar refractivity (Wildman–Crippen MR) is 44.8 cm³/mol. The lowest BCUT2D eigenvalue weighted by atomic mass is 10.1. The van der Waals surface area contributed by atoms with Crippen LogP contribution in [0.4, 0.5) is 0 Å². The minimum atomic E-state index is -4.44. The van der Waals surface area contributed by atoms with Crippen molar-refractivity contribution in [1.29, 1.82) is 0 Å². The maximum absolute atomic E-state index is 10.3. The van der Waals surface area contributed by atoms with Gasteiger partial charge in [0.05, 0.1) is 0 Å². The third-order valence-electron chi connectivity index (χ3n) is 1.32. The Bertz CT molecular complexity index is 222. The Hall–Kier alpha value is -0.170. The molecule has 0 fully saturated rings.